The highest BCUT2D eigenvalue weighted by Crippen LogP contribution is 2.12. The van der Waals surface area contributed by atoms with Gasteiger partial charge in [0.1, 0.15) is 12.4 Å². The molecule has 1 aromatic rings. The van der Waals surface area contributed by atoms with Crippen LogP contribution in [0.1, 0.15) is 5.56 Å². The number of halogens is 2. The maximum atomic E-state index is 11.7. The Morgan fingerprint density at radius 3 is 2.75 bits per heavy atom. The first-order valence-electron chi connectivity index (χ1n) is 3.66. The van der Waals surface area contributed by atoms with E-state index >= 15 is 0 Å². The van der Waals surface area contributed by atoms with Crippen molar-refractivity contribution in [2.45, 2.75) is 13.3 Å². The second kappa shape index (κ2) is 4.04. The molecule has 0 aromatic heterocycles. The minimum Gasteiger partial charge on any atom is -0.488 e. The number of hydrogen-bond acceptors (Lipinski definition) is 1. The molecule has 1 aromatic carbocycles. The van der Waals surface area contributed by atoms with Crippen molar-refractivity contribution in [2.75, 3.05) is 6.61 Å². The van der Waals surface area contributed by atoms with E-state index in [1.165, 1.54) is 0 Å². The first-order valence-corrected chi connectivity index (χ1v) is 3.66. The molecular formula is C9H10F2O. The highest BCUT2D eigenvalue weighted by atomic mass is 19.3. The monoisotopic (exact) mass is 172 g/mol. The normalized spacial score (nSPS) is 10.3. The van der Waals surface area contributed by atoms with E-state index in [-0.39, 0.29) is 0 Å². The Hall–Kier alpha value is -1.12. The van der Waals surface area contributed by atoms with Gasteiger partial charge in [-0.1, -0.05) is 12.1 Å². The van der Waals surface area contributed by atoms with Crippen LogP contribution in [-0.4, -0.2) is 13.0 Å². The van der Waals surface area contributed by atoms with Crippen LogP contribution in [0.5, 0.6) is 5.75 Å². The zero-order valence-electron chi connectivity index (χ0n) is 6.76. The fourth-order valence-electron chi connectivity index (χ4n) is 0.864. The molecule has 0 N–H and O–H groups in total. The predicted molar refractivity (Wildman–Crippen MR) is 42.7 cm³/mol. The number of alkyl halides is 2. The highest BCUT2D eigenvalue weighted by Gasteiger charge is 2.02. The Balaban J connectivity index is 2.52. The van der Waals surface area contributed by atoms with Crippen molar-refractivity contribution in [3.8, 4) is 5.75 Å². The molecule has 0 saturated carbocycles. The number of benzene rings is 1. The highest BCUT2D eigenvalue weighted by molar-refractivity contribution is 5.27. The van der Waals surface area contributed by atoms with Gasteiger partial charge in [0, 0.05) is 0 Å². The predicted octanol–water partition coefficient (Wildman–Crippen LogP) is 2.64. The average Bonchev–Trinajstić information content (AvgIpc) is 2.01. The van der Waals surface area contributed by atoms with Crippen LogP contribution in [0.25, 0.3) is 0 Å². The van der Waals surface area contributed by atoms with Gasteiger partial charge in [-0.15, -0.1) is 0 Å². The Labute approximate surface area is 70.0 Å². The summed E-state index contributed by atoms with van der Waals surface area (Å²) in [5, 5.41) is 0. The number of aryl methyl sites for hydroxylation is 1. The summed E-state index contributed by atoms with van der Waals surface area (Å²) in [6.45, 7) is 1.35. The van der Waals surface area contributed by atoms with Crippen molar-refractivity contribution in [2.24, 2.45) is 0 Å². The van der Waals surface area contributed by atoms with Gasteiger partial charge in [0.2, 0.25) is 0 Å². The van der Waals surface area contributed by atoms with Gasteiger partial charge >= 0.3 is 0 Å². The summed E-state index contributed by atoms with van der Waals surface area (Å²) in [5.74, 6) is 0.496. The van der Waals surface area contributed by atoms with E-state index in [1.54, 1.807) is 18.2 Å². The maximum Gasteiger partial charge on any atom is 0.272 e. The lowest BCUT2D eigenvalue weighted by Gasteiger charge is -2.04. The van der Waals surface area contributed by atoms with Crippen LogP contribution in [0, 0.1) is 6.92 Å². The molecule has 0 atom stereocenters. The van der Waals surface area contributed by atoms with E-state index in [9.17, 15) is 8.78 Å². The minimum atomic E-state index is -2.41. The van der Waals surface area contributed by atoms with Gasteiger partial charge in [-0.25, -0.2) is 8.78 Å². The van der Waals surface area contributed by atoms with Crippen LogP contribution in [0.4, 0.5) is 8.78 Å². The maximum absolute atomic E-state index is 11.7. The molecule has 0 aliphatic heterocycles. The topological polar surface area (TPSA) is 9.23 Å². The Kier molecular flexibility index (Phi) is 3.02. The second-order valence-corrected chi connectivity index (χ2v) is 2.52. The fraction of sp³-hybridized carbons (Fsp3) is 0.333. The lowest BCUT2D eigenvalue weighted by molar-refractivity contribution is 0.0819. The summed E-state index contributed by atoms with van der Waals surface area (Å²) in [4.78, 5) is 0. The van der Waals surface area contributed by atoms with E-state index in [0.717, 1.165) is 5.56 Å². The van der Waals surface area contributed by atoms with Crippen LogP contribution >= 0.6 is 0 Å². The second-order valence-electron chi connectivity index (χ2n) is 2.52. The lowest BCUT2D eigenvalue weighted by atomic mass is 10.2. The lowest BCUT2D eigenvalue weighted by Crippen LogP contribution is -2.06. The third-order valence-corrected chi connectivity index (χ3v) is 1.37. The van der Waals surface area contributed by atoms with Gasteiger partial charge in [-0.05, 0) is 24.6 Å². The molecule has 66 valence electrons. The van der Waals surface area contributed by atoms with E-state index in [4.69, 9.17) is 4.74 Å². The summed E-state index contributed by atoms with van der Waals surface area (Å²) >= 11 is 0. The first kappa shape index (κ1) is 8.97. The fourth-order valence-corrected chi connectivity index (χ4v) is 0.864. The summed E-state index contributed by atoms with van der Waals surface area (Å²) in [5.41, 5.74) is 1.00. The van der Waals surface area contributed by atoms with Crippen molar-refractivity contribution in [3.05, 3.63) is 29.8 Å². The van der Waals surface area contributed by atoms with Crippen molar-refractivity contribution in [1.29, 1.82) is 0 Å². The van der Waals surface area contributed by atoms with Crippen LogP contribution in [0.15, 0.2) is 24.3 Å². The average molecular weight is 172 g/mol. The minimum absolute atomic E-state index is 0.496. The van der Waals surface area contributed by atoms with Crippen LogP contribution < -0.4 is 4.74 Å². The van der Waals surface area contributed by atoms with E-state index in [0.29, 0.717) is 5.75 Å². The molecule has 3 heteroatoms. The molecule has 12 heavy (non-hydrogen) atoms. The van der Waals surface area contributed by atoms with Gasteiger partial charge in [0.25, 0.3) is 6.43 Å². The Bertz CT molecular complexity index is 248. The molecule has 0 unspecified atom stereocenters. The SMILES string of the molecule is Cc1cccc(OCC(F)F)c1. The third-order valence-electron chi connectivity index (χ3n) is 1.37. The number of rotatable bonds is 3. The molecule has 0 heterocycles. The molecule has 0 spiro atoms. The van der Waals surface area contributed by atoms with Crippen LogP contribution in [0.2, 0.25) is 0 Å². The summed E-state index contributed by atoms with van der Waals surface area (Å²) in [7, 11) is 0. The van der Waals surface area contributed by atoms with E-state index in [1.807, 2.05) is 13.0 Å². The smallest absolute Gasteiger partial charge is 0.272 e. The molecule has 1 rings (SSSR count). The standard InChI is InChI=1S/C9H10F2O/c1-7-3-2-4-8(5-7)12-6-9(10)11/h2-5,9H,6H2,1H3. The molecule has 0 aliphatic carbocycles. The molecule has 1 nitrogen and oxygen atoms in total. The molecule has 0 aliphatic rings. The zero-order valence-corrected chi connectivity index (χ0v) is 6.76. The van der Waals surface area contributed by atoms with Crippen molar-refractivity contribution in [1.82, 2.24) is 0 Å². The van der Waals surface area contributed by atoms with Gasteiger partial charge in [0.05, 0.1) is 0 Å². The number of hydrogen-bond donors (Lipinski definition) is 0. The molecule has 0 bridgehead atoms. The van der Waals surface area contributed by atoms with Crippen molar-refractivity contribution >= 4 is 0 Å². The van der Waals surface area contributed by atoms with Crippen LogP contribution in [0.3, 0.4) is 0 Å². The first-order chi connectivity index (χ1) is 5.68. The molecule has 0 amide bonds. The quantitative estimate of drug-likeness (QED) is 0.681. The van der Waals surface area contributed by atoms with E-state index < -0.39 is 13.0 Å². The molecule has 0 radical (unpaired) electrons. The molecule has 0 saturated heterocycles. The van der Waals surface area contributed by atoms with Gasteiger partial charge < -0.3 is 4.74 Å². The molecular weight excluding hydrogens is 162 g/mol. The Morgan fingerprint density at radius 1 is 1.42 bits per heavy atom. The summed E-state index contributed by atoms with van der Waals surface area (Å²) < 4.78 is 28.2. The number of ether oxygens (including phenoxy) is 1. The van der Waals surface area contributed by atoms with Crippen molar-refractivity contribution < 1.29 is 13.5 Å². The van der Waals surface area contributed by atoms with Crippen LogP contribution in [-0.2, 0) is 0 Å². The van der Waals surface area contributed by atoms with E-state index in [2.05, 4.69) is 0 Å². The third kappa shape index (κ3) is 2.86. The van der Waals surface area contributed by atoms with Gasteiger partial charge in [0.15, 0.2) is 0 Å². The van der Waals surface area contributed by atoms with Gasteiger partial charge in [-0.3, -0.25) is 0 Å². The van der Waals surface area contributed by atoms with Crippen molar-refractivity contribution in [3.63, 3.8) is 0 Å². The zero-order chi connectivity index (χ0) is 8.97. The summed E-state index contributed by atoms with van der Waals surface area (Å²) in [6, 6.07) is 7.04. The summed E-state index contributed by atoms with van der Waals surface area (Å²) in [6.07, 6.45) is -2.41. The largest absolute Gasteiger partial charge is 0.488 e. The van der Waals surface area contributed by atoms with Gasteiger partial charge in [-0.2, -0.15) is 0 Å². The Morgan fingerprint density at radius 2 is 2.17 bits per heavy atom. The molecule has 0 fully saturated rings.